The first kappa shape index (κ1) is 15.7. The number of aliphatic hydroxyl groups excluding tert-OH is 1. The molecule has 9 heteroatoms. The highest BCUT2D eigenvalue weighted by molar-refractivity contribution is 7.89. The molecule has 1 aliphatic rings. The van der Waals surface area contributed by atoms with E-state index in [0.29, 0.717) is 12.8 Å². The normalized spacial score (nSPS) is 22.9. The third-order valence-corrected chi connectivity index (χ3v) is 5.03. The molecule has 0 aliphatic heterocycles. The van der Waals surface area contributed by atoms with Crippen LogP contribution in [0.2, 0.25) is 0 Å². The van der Waals surface area contributed by atoms with Crippen molar-refractivity contribution in [3.63, 3.8) is 0 Å². The summed E-state index contributed by atoms with van der Waals surface area (Å²) in [5, 5.41) is 20.8. The van der Waals surface area contributed by atoms with E-state index in [9.17, 15) is 23.6 Å². The molecule has 1 aromatic carbocycles. The molecule has 2 unspecified atom stereocenters. The number of rotatable bonds is 4. The van der Waals surface area contributed by atoms with Crippen molar-refractivity contribution >= 4 is 21.4 Å². The first-order valence-electron chi connectivity index (χ1n) is 6.55. The minimum atomic E-state index is -4.12. The Bertz CT molecular complexity index is 646. The Hall–Kier alpha value is -1.71. The highest BCUT2D eigenvalue weighted by atomic mass is 32.2. The molecule has 0 spiro atoms. The van der Waals surface area contributed by atoms with Gasteiger partial charge in [-0.2, -0.15) is 0 Å². The van der Waals surface area contributed by atoms with Crippen LogP contribution in [0.3, 0.4) is 0 Å². The summed E-state index contributed by atoms with van der Waals surface area (Å²) in [6.45, 7) is 0. The minimum Gasteiger partial charge on any atom is -0.399 e. The van der Waals surface area contributed by atoms with Crippen LogP contribution in [0.5, 0.6) is 0 Å². The standard InChI is InChI=1S/C12H17N3O5S/c13-8-5-6-10(15(17)18)12(7-8)21(19,20)14-9-3-1-2-4-11(9)16/h5-7,9,11,14,16H,1-4,13H2. The third kappa shape index (κ3) is 3.49. The molecule has 21 heavy (non-hydrogen) atoms. The molecule has 0 heterocycles. The summed E-state index contributed by atoms with van der Waals surface area (Å²) in [7, 11) is -4.12. The Balaban J connectivity index is 2.35. The van der Waals surface area contributed by atoms with Gasteiger partial charge in [-0.05, 0) is 25.0 Å². The van der Waals surface area contributed by atoms with Crippen LogP contribution in [0, 0.1) is 10.1 Å². The van der Waals surface area contributed by atoms with E-state index in [-0.39, 0.29) is 5.69 Å². The van der Waals surface area contributed by atoms with Gasteiger partial charge in [-0.15, -0.1) is 0 Å². The van der Waals surface area contributed by atoms with Crippen molar-refractivity contribution in [2.75, 3.05) is 5.73 Å². The quantitative estimate of drug-likeness (QED) is 0.426. The van der Waals surface area contributed by atoms with Crippen molar-refractivity contribution in [3.05, 3.63) is 28.3 Å². The maximum Gasteiger partial charge on any atom is 0.289 e. The lowest BCUT2D eigenvalue weighted by Gasteiger charge is -2.28. The molecule has 8 nitrogen and oxygen atoms in total. The van der Waals surface area contributed by atoms with Gasteiger partial charge in [0.25, 0.3) is 5.69 Å². The van der Waals surface area contributed by atoms with Crippen molar-refractivity contribution in [3.8, 4) is 0 Å². The number of anilines is 1. The predicted molar refractivity (Wildman–Crippen MR) is 76.1 cm³/mol. The number of nitrogen functional groups attached to an aromatic ring is 1. The van der Waals surface area contributed by atoms with E-state index >= 15 is 0 Å². The maximum absolute atomic E-state index is 12.3. The van der Waals surface area contributed by atoms with Gasteiger partial charge in [0.15, 0.2) is 4.90 Å². The summed E-state index contributed by atoms with van der Waals surface area (Å²) in [5.74, 6) is 0. The predicted octanol–water partition coefficient (Wildman–Crippen LogP) is 0.759. The highest BCUT2D eigenvalue weighted by Gasteiger charge is 2.32. The first-order valence-corrected chi connectivity index (χ1v) is 8.04. The molecule has 2 rings (SSSR count). The average Bonchev–Trinajstić information content (AvgIpc) is 2.41. The molecule has 0 saturated heterocycles. The van der Waals surface area contributed by atoms with Gasteiger partial charge in [0.1, 0.15) is 0 Å². The summed E-state index contributed by atoms with van der Waals surface area (Å²) < 4.78 is 27.0. The maximum atomic E-state index is 12.3. The number of nitro groups is 1. The molecule has 0 bridgehead atoms. The fourth-order valence-electron chi connectivity index (χ4n) is 2.41. The van der Waals surface area contributed by atoms with Gasteiger partial charge in [0, 0.05) is 17.8 Å². The molecule has 116 valence electrons. The molecule has 0 aromatic heterocycles. The van der Waals surface area contributed by atoms with E-state index in [4.69, 9.17) is 5.73 Å². The largest absolute Gasteiger partial charge is 0.399 e. The van der Waals surface area contributed by atoms with Gasteiger partial charge in [-0.1, -0.05) is 12.8 Å². The number of sulfonamides is 1. The van der Waals surface area contributed by atoms with Crippen molar-refractivity contribution in [1.82, 2.24) is 4.72 Å². The summed E-state index contributed by atoms with van der Waals surface area (Å²) >= 11 is 0. The lowest BCUT2D eigenvalue weighted by molar-refractivity contribution is -0.387. The zero-order valence-corrected chi connectivity index (χ0v) is 12.0. The molecule has 1 saturated carbocycles. The lowest BCUT2D eigenvalue weighted by atomic mass is 9.93. The number of nitrogens with two attached hydrogens (primary N) is 1. The molecule has 4 N–H and O–H groups in total. The monoisotopic (exact) mass is 315 g/mol. The van der Waals surface area contributed by atoms with Gasteiger partial charge in [0.2, 0.25) is 10.0 Å². The van der Waals surface area contributed by atoms with E-state index in [2.05, 4.69) is 4.72 Å². The van der Waals surface area contributed by atoms with E-state index < -0.39 is 37.7 Å². The van der Waals surface area contributed by atoms with Crippen LogP contribution in [-0.4, -0.2) is 30.6 Å². The van der Waals surface area contributed by atoms with Crippen LogP contribution in [0.25, 0.3) is 0 Å². The van der Waals surface area contributed by atoms with Crippen molar-refractivity contribution in [2.24, 2.45) is 0 Å². The Labute approximate surface area is 122 Å². The summed E-state index contributed by atoms with van der Waals surface area (Å²) in [6.07, 6.45) is 1.85. The third-order valence-electron chi connectivity index (χ3n) is 3.51. The highest BCUT2D eigenvalue weighted by Crippen LogP contribution is 2.27. The molecule has 0 radical (unpaired) electrons. The molecular formula is C12H17N3O5S. The van der Waals surface area contributed by atoms with E-state index in [1.807, 2.05) is 0 Å². The van der Waals surface area contributed by atoms with Crippen LogP contribution in [0.15, 0.2) is 23.1 Å². The van der Waals surface area contributed by atoms with Gasteiger partial charge < -0.3 is 10.8 Å². The lowest BCUT2D eigenvalue weighted by Crippen LogP contribution is -2.45. The number of benzene rings is 1. The molecule has 1 aliphatic carbocycles. The van der Waals surface area contributed by atoms with Crippen LogP contribution < -0.4 is 10.5 Å². The smallest absolute Gasteiger partial charge is 0.289 e. The van der Waals surface area contributed by atoms with E-state index in [1.54, 1.807) is 0 Å². The Kier molecular flexibility index (Phi) is 4.45. The second-order valence-electron chi connectivity index (χ2n) is 5.06. The molecule has 2 atom stereocenters. The second kappa shape index (κ2) is 5.96. The van der Waals surface area contributed by atoms with Gasteiger partial charge >= 0.3 is 0 Å². The first-order chi connectivity index (χ1) is 9.81. The van der Waals surface area contributed by atoms with Crippen molar-refractivity contribution in [1.29, 1.82) is 0 Å². The number of aliphatic hydroxyl groups is 1. The van der Waals surface area contributed by atoms with Crippen LogP contribution in [-0.2, 0) is 10.0 Å². The summed E-state index contributed by atoms with van der Waals surface area (Å²) in [5.41, 5.74) is 5.10. The Morgan fingerprint density at radius 1 is 1.33 bits per heavy atom. The Morgan fingerprint density at radius 3 is 2.62 bits per heavy atom. The number of hydrogen-bond donors (Lipinski definition) is 3. The second-order valence-corrected chi connectivity index (χ2v) is 6.75. The average molecular weight is 315 g/mol. The summed E-state index contributed by atoms with van der Waals surface area (Å²) in [6, 6.07) is 2.74. The summed E-state index contributed by atoms with van der Waals surface area (Å²) in [4.78, 5) is 9.71. The molecule has 0 amide bonds. The number of nitrogens with zero attached hydrogens (tertiary/aromatic N) is 1. The van der Waals surface area contributed by atoms with Gasteiger partial charge in [-0.3, -0.25) is 10.1 Å². The van der Waals surface area contributed by atoms with Crippen molar-refractivity contribution < 1.29 is 18.4 Å². The Morgan fingerprint density at radius 2 is 2.00 bits per heavy atom. The van der Waals surface area contributed by atoms with E-state index in [1.165, 1.54) is 6.07 Å². The fourth-order valence-corrected chi connectivity index (χ4v) is 3.92. The molecule has 1 fully saturated rings. The number of hydrogen-bond acceptors (Lipinski definition) is 6. The van der Waals surface area contributed by atoms with Crippen molar-refractivity contribution in [2.45, 2.75) is 42.7 Å². The molecule has 1 aromatic rings. The zero-order valence-electron chi connectivity index (χ0n) is 11.2. The molecular weight excluding hydrogens is 298 g/mol. The minimum absolute atomic E-state index is 0.116. The van der Waals surface area contributed by atoms with Crippen LogP contribution in [0.1, 0.15) is 25.7 Å². The van der Waals surface area contributed by atoms with E-state index in [0.717, 1.165) is 25.0 Å². The topological polar surface area (TPSA) is 136 Å². The van der Waals surface area contributed by atoms with Crippen LogP contribution >= 0.6 is 0 Å². The van der Waals surface area contributed by atoms with Gasteiger partial charge in [-0.25, -0.2) is 13.1 Å². The fraction of sp³-hybridized carbons (Fsp3) is 0.500. The van der Waals surface area contributed by atoms with Crippen LogP contribution in [0.4, 0.5) is 11.4 Å². The number of nitro benzene ring substituents is 1. The van der Waals surface area contributed by atoms with Gasteiger partial charge in [0.05, 0.1) is 11.0 Å². The zero-order chi connectivity index (χ0) is 15.6. The number of nitrogens with one attached hydrogen (secondary N) is 1. The SMILES string of the molecule is Nc1ccc([N+](=O)[O-])c(S(=O)(=O)NC2CCCCC2O)c1.